The van der Waals surface area contributed by atoms with Gasteiger partial charge in [0.1, 0.15) is 0 Å². The van der Waals surface area contributed by atoms with Gasteiger partial charge in [-0.15, -0.1) is 0 Å². The van der Waals surface area contributed by atoms with Crippen LogP contribution >= 0.6 is 0 Å². The Balaban J connectivity index is 2.59. The van der Waals surface area contributed by atoms with Crippen LogP contribution in [-0.2, 0) is 0 Å². The highest BCUT2D eigenvalue weighted by molar-refractivity contribution is 5.99. The number of Topliss-reactive ketones (excluding diaryl/α,β-unsaturated/α-hetero) is 1. The van der Waals surface area contributed by atoms with E-state index in [0.29, 0.717) is 0 Å². The number of hydrogen-bond acceptors (Lipinski definition) is 2. The predicted molar refractivity (Wildman–Crippen MR) is 63.5 cm³/mol. The van der Waals surface area contributed by atoms with Crippen LogP contribution in [-0.4, -0.2) is 12.8 Å². The number of fused-ring (bicyclic) bond motifs is 1. The van der Waals surface area contributed by atoms with Crippen LogP contribution in [0.2, 0.25) is 0 Å². The first-order chi connectivity index (χ1) is 7.20. The van der Waals surface area contributed by atoms with E-state index in [1.165, 1.54) is 0 Å². The molecule has 0 unspecified atom stereocenters. The Kier molecular flexibility index (Phi) is 2.42. The van der Waals surface area contributed by atoms with Crippen LogP contribution in [0, 0.1) is 0 Å². The van der Waals surface area contributed by atoms with Crippen LogP contribution in [0.25, 0.3) is 10.8 Å². The summed E-state index contributed by atoms with van der Waals surface area (Å²) in [5.41, 5.74) is 1.85. The van der Waals surface area contributed by atoms with Gasteiger partial charge in [-0.3, -0.25) is 4.79 Å². The molecule has 0 saturated heterocycles. The molecule has 0 aliphatic heterocycles. The van der Waals surface area contributed by atoms with E-state index in [0.717, 1.165) is 22.0 Å². The van der Waals surface area contributed by atoms with Crippen molar-refractivity contribution in [3.8, 4) is 0 Å². The number of ketones is 1. The molecule has 2 aromatic rings. The van der Waals surface area contributed by atoms with Crippen molar-refractivity contribution in [3.05, 3.63) is 42.0 Å². The third-order valence-corrected chi connectivity index (χ3v) is 2.54. The van der Waals surface area contributed by atoms with Crippen molar-refractivity contribution in [2.45, 2.75) is 6.92 Å². The number of benzene rings is 2. The maximum atomic E-state index is 11.2. The van der Waals surface area contributed by atoms with Crippen molar-refractivity contribution in [2.75, 3.05) is 12.4 Å². The molecular weight excluding hydrogens is 186 g/mol. The van der Waals surface area contributed by atoms with Gasteiger partial charge in [0.15, 0.2) is 5.78 Å². The number of hydrogen-bond donors (Lipinski definition) is 1. The van der Waals surface area contributed by atoms with Crippen molar-refractivity contribution < 1.29 is 4.79 Å². The summed E-state index contributed by atoms with van der Waals surface area (Å²) in [6.07, 6.45) is 0. The summed E-state index contributed by atoms with van der Waals surface area (Å²) in [5, 5.41) is 5.33. The molecule has 0 radical (unpaired) electrons. The van der Waals surface area contributed by atoms with Gasteiger partial charge in [-0.1, -0.05) is 18.2 Å². The Hall–Kier alpha value is -1.83. The van der Waals surface area contributed by atoms with Gasteiger partial charge in [-0.25, -0.2) is 0 Å². The van der Waals surface area contributed by atoms with E-state index in [1.807, 2.05) is 37.4 Å². The molecule has 0 heterocycles. The van der Waals surface area contributed by atoms with Crippen LogP contribution < -0.4 is 5.32 Å². The molecule has 0 aromatic heterocycles. The highest BCUT2D eigenvalue weighted by Crippen LogP contribution is 2.20. The van der Waals surface area contributed by atoms with Crippen LogP contribution in [0.1, 0.15) is 17.3 Å². The number of anilines is 1. The van der Waals surface area contributed by atoms with E-state index in [-0.39, 0.29) is 5.78 Å². The topological polar surface area (TPSA) is 29.1 Å². The molecule has 2 nitrogen and oxygen atoms in total. The zero-order valence-electron chi connectivity index (χ0n) is 8.87. The lowest BCUT2D eigenvalue weighted by molar-refractivity contribution is 0.101. The summed E-state index contributed by atoms with van der Waals surface area (Å²) >= 11 is 0. The van der Waals surface area contributed by atoms with Gasteiger partial charge >= 0.3 is 0 Å². The number of rotatable bonds is 2. The Morgan fingerprint density at radius 1 is 1.07 bits per heavy atom. The summed E-state index contributed by atoms with van der Waals surface area (Å²) in [4.78, 5) is 11.2. The SMILES string of the molecule is CNc1ccc2cc(C(C)=O)ccc2c1. The number of carbonyl (C=O) groups is 1. The van der Waals surface area contributed by atoms with Gasteiger partial charge in [0.2, 0.25) is 0 Å². The molecule has 0 bridgehead atoms. The summed E-state index contributed by atoms with van der Waals surface area (Å²) in [7, 11) is 1.89. The maximum Gasteiger partial charge on any atom is 0.159 e. The van der Waals surface area contributed by atoms with E-state index >= 15 is 0 Å². The molecule has 15 heavy (non-hydrogen) atoms. The molecule has 0 spiro atoms. The molecule has 2 aromatic carbocycles. The average Bonchev–Trinajstić information content (AvgIpc) is 2.27. The smallest absolute Gasteiger partial charge is 0.159 e. The number of nitrogens with one attached hydrogen (secondary N) is 1. The molecule has 0 aliphatic rings. The fourth-order valence-electron chi connectivity index (χ4n) is 1.62. The molecule has 76 valence electrons. The van der Waals surface area contributed by atoms with Crippen LogP contribution in [0.4, 0.5) is 5.69 Å². The molecular formula is C13H13NO. The first kappa shape index (κ1) is 9.71. The Morgan fingerprint density at radius 3 is 2.40 bits per heavy atom. The minimum Gasteiger partial charge on any atom is -0.388 e. The van der Waals surface area contributed by atoms with Crippen LogP contribution in [0.5, 0.6) is 0 Å². The Morgan fingerprint density at radius 2 is 1.73 bits per heavy atom. The lowest BCUT2D eigenvalue weighted by atomic mass is 10.0. The summed E-state index contributed by atoms with van der Waals surface area (Å²) < 4.78 is 0. The van der Waals surface area contributed by atoms with Crippen molar-refractivity contribution in [3.63, 3.8) is 0 Å². The van der Waals surface area contributed by atoms with Crippen molar-refractivity contribution in [2.24, 2.45) is 0 Å². The fraction of sp³-hybridized carbons (Fsp3) is 0.154. The zero-order valence-corrected chi connectivity index (χ0v) is 8.87. The standard InChI is InChI=1S/C13H13NO/c1-9(15)10-3-4-12-8-13(14-2)6-5-11(12)7-10/h3-8,14H,1-2H3. The zero-order chi connectivity index (χ0) is 10.8. The molecule has 0 saturated carbocycles. The molecule has 0 atom stereocenters. The third-order valence-electron chi connectivity index (χ3n) is 2.54. The highest BCUT2D eigenvalue weighted by atomic mass is 16.1. The third kappa shape index (κ3) is 1.84. The second-order valence-electron chi connectivity index (χ2n) is 3.58. The normalized spacial score (nSPS) is 10.3. The predicted octanol–water partition coefficient (Wildman–Crippen LogP) is 3.08. The van der Waals surface area contributed by atoms with Crippen molar-refractivity contribution in [1.29, 1.82) is 0 Å². The lowest BCUT2D eigenvalue weighted by Crippen LogP contribution is -1.92. The van der Waals surface area contributed by atoms with Crippen LogP contribution in [0.3, 0.4) is 0 Å². The average molecular weight is 199 g/mol. The largest absolute Gasteiger partial charge is 0.388 e. The van der Waals surface area contributed by atoms with E-state index in [4.69, 9.17) is 0 Å². The Bertz CT molecular complexity index is 517. The van der Waals surface area contributed by atoms with E-state index in [1.54, 1.807) is 6.92 Å². The van der Waals surface area contributed by atoms with Gasteiger partial charge in [0, 0.05) is 18.3 Å². The molecule has 2 rings (SSSR count). The maximum absolute atomic E-state index is 11.2. The molecule has 1 N–H and O–H groups in total. The second kappa shape index (κ2) is 3.73. The first-order valence-electron chi connectivity index (χ1n) is 4.93. The summed E-state index contributed by atoms with van der Waals surface area (Å²) in [5.74, 6) is 0.106. The number of carbonyl (C=O) groups excluding carboxylic acids is 1. The quantitative estimate of drug-likeness (QED) is 0.753. The molecule has 0 amide bonds. The van der Waals surface area contributed by atoms with Gasteiger partial charge in [-0.2, -0.15) is 0 Å². The molecule has 0 aliphatic carbocycles. The lowest BCUT2D eigenvalue weighted by Gasteiger charge is -2.04. The van der Waals surface area contributed by atoms with Gasteiger partial charge in [-0.05, 0) is 35.9 Å². The van der Waals surface area contributed by atoms with Gasteiger partial charge in [0.25, 0.3) is 0 Å². The van der Waals surface area contributed by atoms with E-state index in [2.05, 4.69) is 11.4 Å². The first-order valence-corrected chi connectivity index (χ1v) is 4.93. The molecule has 0 fully saturated rings. The monoisotopic (exact) mass is 199 g/mol. The minimum absolute atomic E-state index is 0.106. The Labute approximate surface area is 88.9 Å². The van der Waals surface area contributed by atoms with Gasteiger partial charge in [0.05, 0.1) is 0 Å². The minimum atomic E-state index is 0.106. The highest BCUT2D eigenvalue weighted by Gasteiger charge is 2.01. The van der Waals surface area contributed by atoms with Crippen molar-refractivity contribution >= 4 is 22.2 Å². The van der Waals surface area contributed by atoms with E-state index < -0.39 is 0 Å². The summed E-state index contributed by atoms with van der Waals surface area (Å²) in [6.45, 7) is 1.59. The van der Waals surface area contributed by atoms with Crippen molar-refractivity contribution in [1.82, 2.24) is 0 Å². The molecule has 2 heteroatoms. The summed E-state index contributed by atoms with van der Waals surface area (Å²) in [6, 6.07) is 11.9. The van der Waals surface area contributed by atoms with Crippen LogP contribution in [0.15, 0.2) is 36.4 Å². The van der Waals surface area contributed by atoms with E-state index in [9.17, 15) is 4.79 Å². The second-order valence-corrected chi connectivity index (χ2v) is 3.58. The fourth-order valence-corrected chi connectivity index (χ4v) is 1.62. The van der Waals surface area contributed by atoms with Gasteiger partial charge < -0.3 is 5.32 Å².